The number of ether oxygens (including phenoxy) is 1. The lowest BCUT2D eigenvalue weighted by molar-refractivity contribution is 0.00694. The normalized spacial score (nSPS) is 11.2. The molecule has 1 aromatic rings. The molecule has 22 heavy (non-hydrogen) atoms. The van der Waals surface area contributed by atoms with Crippen LogP contribution in [0, 0.1) is 0 Å². The van der Waals surface area contributed by atoms with Crippen LogP contribution >= 0.6 is 0 Å². The molecule has 1 rings (SSSR count). The number of carbonyl (C=O) groups excluding carboxylic acids is 2. The first-order valence-electron chi connectivity index (χ1n) is 7.43. The fourth-order valence-electron chi connectivity index (χ4n) is 1.68. The topological polar surface area (TPSA) is 58.6 Å². The molecule has 0 atom stereocenters. The third-order valence-electron chi connectivity index (χ3n) is 3.10. The van der Waals surface area contributed by atoms with E-state index in [0.717, 1.165) is 5.56 Å². The van der Waals surface area contributed by atoms with Crippen molar-refractivity contribution in [3.8, 4) is 0 Å². The van der Waals surface area contributed by atoms with Gasteiger partial charge in [0.15, 0.2) is 0 Å². The number of nitrogens with one attached hydrogen (secondary N) is 1. The maximum atomic E-state index is 12.0. The van der Waals surface area contributed by atoms with Gasteiger partial charge in [-0.3, -0.25) is 0 Å². The molecule has 5 heteroatoms. The minimum atomic E-state index is -0.527. The van der Waals surface area contributed by atoms with Crippen LogP contribution in [0.4, 0.5) is 4.79 Å². The number of hydrogen-bond acceptors (Lipinski definition) is 3. The molecule has 0 aromatic heterocycles. The number of urea groups is 1. The standard InChI is InChI=1S/C17H26N2O3/c1-12(2)19(6)16(21)18-11-13-8-7-9-14(10-13)15(20)22-17(3,4)5/h7-10,12H,11H2,1-6H3,(H,18,21). The third kappa shape index (κ3) is 5.76. The van der Waals surface area contributed by atoms with E-state index in [4.69, 9.17) is 4.74 Å². The van der Waals surface area contributed by atoms with Crippen LogP contribution in [0.2, 0.25) is 0 Å². The Hall–Kier alpha value is -2.04. The first-order chi connectivity index (χ1) is 10.1. The summed E-state index contributed by atoms with van der Waals surface area (Å²) in [6, 6.07) is 7.09. The molecule has 0 unspecified atom stereocenters. The van der Waals surface area contributed by atoms with Crippen molar-refractivity contribution in [1.29, 1.82) is 0 Å². The van der Waals surface area contributed by atoms with Gasteiger partial charge in [-0.1, -0.05) is 12.1 Å². The van der Waals surface area contributed by atoms with Crippen LogP contribution in [0.25, 0.3) is 0 Å². The summed E-state index contributed by atoms with van der Waals surface area (Å²) in [5.74, 6) is -0.361. The highest BCUT2D eigenvalue weighted by atomic mass is 16.6. The van der Waals surface area contributed by atoms with Crippen molar-refractivity contribution in [2.45, 2.75) is 52.8 Å². The van der Waals surface area contributed by atoms with Crippen molar-refractivity contribution in [3.63, 3.8) is 0 Å². The smallest absolute Gasteiger partial charge is 0.338 e. The van der Waals surface area contributed by atoms with Crippen molar-refractivity contribution >= 4 is 12.0 Å². The minimum absolute atomic E-state index is 0.132. The van der Waals surface area contributed by atoms with E-state index >= 15 is 0 Å². The van der Waals surface area contributed by atoms with Gasteiger partial charge in [0.25, 0.3) is 0 Å². The highest BCUT2D eigenvalue weighted by Crippen LogP contribution is 2.13. The van der Waals surface area contributed by atoms with Crippen LogP contribution in [0.1, 0.15) is 50.5 Å². The molecule has 2 amide bonds. The summed E-state index contributed by atoms with van der Waals surface area (Å²) in [5.41, 5.74) is 0.814. The van der Waals surface area contributed by atoms with Crippen LogP contribution in [-0.2, 0) is 11.3 Å². The number of rotatable bonds is 4. The Kier molecular flexibility index (Phi) is 5.97. The molecule has 0 radical (unpaired) electrons. The molecular weight excluding hydrogens is 280 g/mol. The number of amides is 2. The SMILES string of the molecule is CC(C)N(C)C(=O)NCc1cccc(C(=O)OC(C)(C)C)c1. The zero-order valence-corrected chi connectivity index (χ0v) is 14.3. The van der Waals surface area contributed by atoms with Crippen molar-refractivity contribution < 1.29 is 14.3 Å². The molecule has 0 aliphatic rings. The molecule has 1 aromatic carbocycles. The maximum absolute atomic E-state index is 12.0. The highest BCUT2D eigenvalue weighted by Gasteiger charge is 2.18. The van der Waals surface area contributed by atoms with E-state index in [9.17, 15) is 9.59 Å². The summed E-state index contributed by atoms with van der Waals surface area (Å²) < 4.78 is 5.34. The van der Waals surface area contributed by atoms with Crippen LogP contribution < -0.4 is 5.32 Å². The van der Waals surface area contributed by atoms with E-state index in [0.29, 0.717) is 12.1 Å². The molecule has 0 aliphatic carbocycles. The monoisotopic (exact) mass is 306 g/mol. The summed E-state index contributed by atoms with van der Waals surface area (Å²) in [6.45, 7) is 9.75. The van der Waals surface area contributed by atoms with Crippen LogP contribution in [0.3, 0.4) is 0 Å². The number of carbonyl (C=O) groups is 2. The Morgan fingerprint density at radius 1 is 1.27 bits per heavy atom. The molecule has 1 N–H and O–H groups in total. The van der Waals surface area contributed by atoms with Gasteiger partial charge < -0.3 is 15.0 Å². The lowest BCUT2D eigenvalue weighted by atomic mass is 10.1. The van der Waals surface area contributed by atoms with Crippen molar-refractivity contribution in [3.05, 3.63) is 35.4 Å². The Labute approximate surface area is 132 Å². The highest BCUT2D eigenvalue weighted by molar-refractivity contribution is 5.89. The van der Waals surface area contributed by atoms with E-state index in [2.05, 4.69) is 5.32 Å². The van der Waals surface area contributed by atoms with Crippen LogP contribution in [-0.4, -0.2) is 35.6 Å². The second kappa shape index (κ2) is 7.29. The van der Waals surface area contributed by atoms with Gasteiger partial charge in [0.05, 0.1) is 5.56 Å². The summed E-state index contributed by atoms with van der Waals surface area (Å²) >= 11 is 0. The molecule has 0 bridgehead atoms. The lowest BCUT2D eigenvalue weighted by Crippen LogP contribution is -2.40. The summed E-state index contributed by atoms with van der Waals surface area (Å²) in [6.07, 6.45) is 0. The molecule has 0 aliphatic heterocycles. The van der Waals surface area contributed by atoms with Gasteiger partial charge in [-0.15, -0.1) is 0 Å². The second-order valence-corrected chi connectivity index (χ2v) is 6.57. The third-order valence-corrected chi connectivity index (χ3v) is 3.10. The molecule has 0 fully saturated rings. The Bertz CT molecular complexity index is 533. The van der Waals surface area contributed by atoms with E-state index in [1.165, 1.54) is 0 Å². The van der Waals surface area contributed by atoms with Crippen LogP contribution in [0.5, 0.6) is 0 Å². The Morgan fingerprint density at radius 2 is 1.91 bits per heavy atom. The second-order valence-electron chi connectivity index (χ2n) is 6.57. The quantitative estimate of drug-likeness (QED) is 0.869. The van der Waals surface area contributed by atoms with Gasteiger partial charge in [-0.25, -0.2) is 9.59 Å². The minimum Gasteiger partial charge on any atom is -0.456 e. The average Bonchev–Trinajstić information content (AvgIpc) is 2.42. The lowest BCUT2D eigenvalue weighted by Gasteiger charge is -2.22. The average molecular weight is 306 g/mol. The number of hydrogen-bond donors (Lipinski definition) is 1. The fourth-order valence-corrected chi connectivity index (χ4v) is 1.68. The first kappa shape index (κ1) is 18.0. The predicted octanol–water partition coefficient (Wildman–Crippen LogP) is 3.19. The van der Waals surface area contributed by atoms with E-state index in [1.807, 2.05) is 40.7 Å². The van der Waals surface area contributed by atoms with Gasteiger partial charge in [0.2, 0.25) is 0 Å². The molecule has 5 nitrogen and oxygen atoms in total. The summed E-state index contributed by atoms with van der Waals surface area (Å²) in [7, 11) is 1.75. The van der Waals surface area contributed by atoms with Gasteiger partial charge in [-0.2, -0.15) is 0 Å². The molecule has 0 saturated carbocycles. The molecular formula is C17H26N2O3. The van der Waals surface area contributed by atoms with Gasteiger partial charge in [0.1, 0.15) is 5.60 Å². The Balaban J connectivity index is 2.69. The molecule has 0 heterocycles. The maximum Gasteiger partial charge on any atom is 0.338 e. The van der Waals surface area contributed by atoms with E-state index in [-0.39, 0.29) is 18.0 Å². The first-order valence-corrected chi connectivity index (χ1v) is 7.43. The number of benzene rings is 1. The van der Waals surface area contributed by atoms with Crippen molar-refractivity contribution in [2.24, 2.45) is 0 Å². The van der Waals surface area contributed by atoms with Gasteiger partial charge >= 0.3 is 12.0 Å². The largest absolute Gasteiger partial charge is 0.456 e. The summed E-state index contributed by atoms with van der Waals surface area (Å²) in [4.78, 5) is 25.5. The summed E-state index contributed by atoms with van der Waals surface area (Å²) in [5, 5.41) is 2.83. The zero-order valence-electron chi connectivity index (χ0n) is 14.3. The van der Waals surface area contributed by atoms with E-state index < -0.39 is 5.60 Å². The Morgan fingerprint density at radius 3 is 2.45 bits per heavy atom. The number of nitrogens with zero attached hydrogens (tertiary/aromatic N) is 1. The van der Waals surface area contributed by atoms with Crippen molar-refractivity contribution in [1.82, 2.24) is 10.2 Å². The molecule has 0 spiro atoms. The van der Waals surface area contributed by atoms with E-state index in [1.54, 1.807) is 30.1 Å². The predicted molar refractivity (Wildman–Crippen MR) is 86.7 cm³/mol. The van der Waals surface area contributed by atoms with Crippen molar-refractivity contribution in [2.75, 3.05) is 7.05 Å². The molecule has 122 valence electrons. The fraction of sp³-hybridized carbons (Fsp3) is 0.529. The van der Waals surface area contributed by atoms with Gasteiger partial charge in [-0.05, 0) is 52.3 Å². The number of esters is 1. The molecule has 0 saturated heterocycles. The zero-order chi connectivity index (χ0) is 16.9. The van der Waals surface area contributed by atoms with Gasteiger partial charge in [0, 0.05) is 19.6 Å². The van der Waals surface area contributed by atoms with Crippen LogP contribution in [0.15, 0.2) is 24.3 Å².